The molecule has 0 aliphatic heterocycles. The number of unbranched alkanes of at least 4 members (excludes halogenated alkanes) is 15. The number of hydrogen-bond donors (Lipinski definition) is 1. The van der Waals surface area contributed by atoms with Crippen LogP contribution in [0.2, 0.25) is 5.02 Å². The van der Waals surface area contributed by atoms with Crippen molar-refractivity contribution in [2.45, 2.75) is 117 Å². The highest BCUT2D eigenvalue weighted by Gasteiger charge is 2.05. The van der Waals surface area contributed by atoms with Crippen LogP contribution in [0, 0.1) is 6.92 Å². The Kier molecular flexibility index (Phi) is 16.6. The molecule has 0 saturated heterocycles. The van der Waals surface area contributed by atoms with Crippen LogP contribution in [0.4, 0.5) is 4.79 Å². The minimum Gasteiger partial charge on any atom is -0.410 e. The zero-order valence-corrected chi connectivity index (χ0v) is 20.2. The Balaban J connectivity index is 1.82. The molecule has 4 heteroatoms. The van der Waals surface area contributed by atoms with Gasteiger partial charge in [0.25, 0.3) is 0 Å². The lowest BCUT2D eigenvalue weighted by molar-refractivity contribution is 0.200. The number of hydrogen-bond acceptors (Lipinski definition) is 2. The largest absolute Gasteiger partial charge is 0.412 e. The summed E-state index contributed by atoms with van der Waals surface area (Å²) < 4.78 is 5.27. The normalized spacial score (nSPS) is 10.9. The molecule has 0 aromatic heterocycles. The first-order valence-electron chi connectivity index (χ1n) is 12.4. The van der Waals surface area contributed by atoms with Gasteiger partial charge in [0, 0.05) is 11.6 Å². The molecule has 0 fully saturated rings. The first-order chi connectivity index (χ1) is 14.6. The van der Waals surface area contributed by atoms with Gasteiger partial charge in [0.2, 0.25) is 0 Å². The third kappa shape index (κ3) is 14.7. The monoisotopic (exact) mass is 437 g/mol. The second-order valence-electron chi connectivity index (χ2n) is 8.53. The number of ether oxygens (including phenoxy) is 1. The van der Waals surface area contributed by atoms with E-state index in [-0.39, 0.29) is 0 Å². The van der Waals surface area contributed by atoms with E-state index in [4.69, 9.17) is 16.3 Å². The van der Waals surface area contributed by atoms with Crippen molar-refractivity contribution in [3.63, 3.8) is 0 Å². The summed E-state index contributed by atoms with van der Waals surface area (Å²) in [6, 6.07) is 5.23. The SMILES string of the molecule is CCCCCCCCCCCCCCCCCCNC(=O)Oc1ccc(Cl)c(C)c1. The highest BCUT2D eigenvalue weighted by molar-refractivity contribution is 6.31. The van der Waals surface area contributed by atoms with Crippen molar-refractivity contribution in [3.8, 4) is 5.75 Å². The molecule has 1 aromatic rings. The lowest BCUT2D eigenvalue weighted by Gasteiger charge is -2.08. The highest BCUT2D eigenvalue weighted by atomic mass is 35.5. The molecule has 0 aliphatic carbocycles. The van der Waals surface area contributed by atoms with E-state index >= 15 is 0 Å². The number of benzene rings is 1. The molecular formula is C26H44ClNO2. The summed E-state index contributed by atoms with van der Waals surface area (Å²) in [7, 11) is 0. The molecule has 0 saturated carbocycles. The summed E-state index contributed by atoms with van der Waals surface area (Å²) in [5.41, 5.74) is 0.903. The zero-order valence-electron chi connectivity index (χ0n) is 19.4. The molecule has 0 unspecified atom stereocenters. The van der Waals surface area contributed by atoms with Crippen molar-refractivity contribution < 1.29 is 9.53 Å². The van der Waals surface area contributed by atoms with Crippen LogP contribution in [0.3, 0.4) is 0 Å². The van der Waals surface area contributed by atoms with E-state index in [1.807, 2.05) is 6.92 Å². The van der Waals surface area contributed by atoms with Gasteiger partial charge in [0.1, 0.15) is 5.75 Å². The predicted molar refractivity (Wildman–Crippen MR) is 130 cm³/mol. The summed E-state index contributed by atoms with van der Waals surface area (Å²) in [5, 5.41) is 3.50. The fourth-order valence-electron chi connectivity index (χ4n) is 3.69. The van der Waals surface area contributed by atoms with Crippen LogP contribution in [0.1, 0.15) is 115 Å². The van der Waals surface area contributed by atoms with Gasteiger partial charge in [-0.25, -0.2) is 4.79 Å². The first kappa shape index (κ1) is 26.8. The van der Waals surface area contributed by atoms with Gasteiger partial charge in [-0.15, -0.1) is 0 Å². The molecule has 0 heterocycles. The standard InChI is InChI=1S/C26H44ClNO2/c1-3-4-5-6-7-8-9-10-11-12-13-14-15-16-17-18-21-28-26(29)30-24-19-20-25(27)23(2)22-24/h19-20,22H,3-18,21H2,1-2H3,(H,28,29). The number of carbonyl (C=O) groups excluding carboxylic acids is 1. The third-order valence-corrected chi connectivity index (χ3v) is 6.06. The van der Waals surface area contributed by atoms with Crippen LogP contribution in [0.15, 0.2) is 18.2 Å². The number of aryl methyl sites for hydroxylation is 1. The number of halogens is 1. The second kappa shape index (κ2) is 18.5. The molecule has 172 valence electrons. The van der Waals surface area contributed by atoms with Crippen LogP contribution in [-0.4, -0.2) is 12.6 Å². The molecule has 1 aromatic carbocycles. The second-order valence-corrected chi connectivity index (χ2v) is 8.94. The van der Waals surface area contributed by atoms with Gasteiger partial charge in [-0.2, -0.15) is 0 Å². The van der Waals surface area contributed by atoms with Gasteiger partial charge in [0.15, 0.2) is 0 Å². The fraction of sp³-hybridized carbons (Fsp3) is 0.731. The molecule has 1 rings (SSSR count). The van der Waals surface area contributed by atoms with Crippen LogP contribution < -0.4 is 10.1 Å². The average Bonchev–Trinajstić information content (AvgIpc) is 2.73. The smallest absolute Gasteiger partial charge is 0.410 e. The molecule has 0 spiro atoms. The fourth-order valence-corrected chi connectivity index (χ4v) is 3.80. The molecule has 0 bridgehead atoms. The maximum Gasteiger partial charge on any atom is 0.412 e. The minimum absolute atomic E-state index is 0.391. The van der Waals surface area contributed by atoms with Crippen molar-refractivity contribution in [3.05, 3.63) is 28.8 Å². The number of amides is 1. The molecule has 1 N–H and O–H groups in total. The van der Waals surface area contributed by atoms with E-state index in [0.29, 0.717) is 17.3 Å². The Bertz CT molecular complexity index is 562. The van der Waals surface area contributed by atoms with E-state index in [1.54, 1.807) is 18.2 Å². The average molecular weight is 438 g/mol. The third-order valence-electron chi connectivity index (χ3n) is 5.64. The van der Waals surface area contributed by atoms with Crippen molar-refractivity contribution in [2.24, 2.45) is 0 Å². The zero-order chi connectivity index (χ0) is 21.9. The topological polar surface area (TPSA) is 38.3 Å². The molecule has 0 atom stereocenters. The predicted octanol–water partition coefficient (Wildman–Crippen LogP) is 9.00. The van der Waals surface area contributed by atoms with Gasteiger partial charge in [-0.05, 0) is 37.1 Å². The summed E-state index contributed by atoms with van der Waals surface area (Å²) in [4.78, 5) is 11.8. The van der Waals surface area contributed by atoms with Crippen LogP contribution in [0.25, 0.3) is 0 Å². The van der Waals surface area contributed by atoms with E-state index in [2.05, 4.69) is 12.2 Å². The summed E-state index contributed by atoms with van der Waals surface area (Å²) in [6.45, 7) is 4.84. The molecule has 0 aliphatic rings. The Morgan fingerprint density at radius 1 is 0.800 bits per heavy atom. The molecule has 1 amide bonds. The Hall–Kier alpha value is -1.22. The van der Waals surface area contributed by atoms with E-state index in [1.165, 1.54) is 96.3 Å². The maximum absolute atomic E-state index is 11.8. The van der Waals surface area contributed by atoms with Gasteiger partial charge in [-0.3, -0.25) is 0 Å². The van der Waals surface area contributed by atoms with Gasteiger partial charge in [0.05, 0.1) is 0 Å². The molecule has 3 nitrogen and oxygen atoms in total. The van der Waals surface area contributed by atoms with Crippen LogP contribution in [-0.2, 0) is 0 Å². The molecule has 0 radical (unpaired) electrons. The summed E-state index contributed by atoms with van der Waals surface area (Å²) in [6.07, 6.45) is 21.2. The lowest BCUT2D eigenvalue weighted by Crippen LogP contribution is -2.27. The quantitative estimate of drug-likeness (QED) is 0.232. The van der Waals surface area contributed by atoms with Crippen molar-refractivity contribution in [1.29, 1.82) is 0 Å². The molecule has 30 heavy (non-hydrogen) atoms. The van der Waals surface area contributed by atoms with E-state index in [0.717, 1.165) is 12.0 Å². The van der Waals surface area contributed by atoms with Crippen LogP contribution >= 0.6 is 11.6 Å². The van der Waals surface area contributed by atoms with Crippen molar-refractivity contribution >= 4 is 17.7 Å². The van der Waals surface area contributed by atoms with Crippen molar-refractivity contribution in [2.75, 3.05) is 6.54 Å². The van der Waals surface area contributed by atoms with Gasteiger partial charge in [-0.1, -0.05) is 115 Å². The molecular weight excluding hydrogens is 394 g/mol. The van der Waals surface area contributed by atoms with Crippen molar-refractivity contribution in [1.82, 2.24) is 5.32 Å². The van der Waals surface area contributed by atoms with E-state index in [9.17, 15) is 4.79 Å². The first-order valence-corrected chi connectivity index (χ1v) is 12.7. The van der Waals surface area contributed by atoms with Gasteiger partial charge < -0.3 is 10.1 Å². The summed E-state index contributed by atoms with van der Waals surface area (Å²) >= 11 is 5.98. The minimum atomic E-state index is -0.391. The Labute approximate surface area is 190 Å². The Morgan fingerprint density at radius 2 is 1.27 bits per heavy atom. The number of carbonyl (C=O) groups is 1. The summed E-state index contributed by atoms with van der Waals surface area (Å²) in [5.74, 6) is 0.529. The van der Waals surface area contributed by atoms with Crippen LogP contribution in [0.5, 0.6) is 5.75 Å². The Morgan fingerprint density at radius 3 is 1.73 bits per heavy atom. The lowest BCUT2D eigenvalue weighted by atomic mass is 10.0. The number of nitrogens with one attached hydrogen (secondary N) is 1. The van der Waals surface area contributed by atoms with E-state index < -0.39 is 6.09 Å². The number of rotatable bonds is 18. The maximum atomic E-state index is 11.8. The van der Waals surface area contributed by atoms with Gasteiger partial charge >= 0.3 is 6.09 Å². The highest BCUT2D eigenvalue weighted by Crippen LogP contribution is 2.21.